The third-order valence-electron chi connectivity index (χ3n) is 4.46. The minimum atomic E-state index is -0.441. The van der Waals surface area contributed by atoms with Gasteiger partial charge in [-0.1, -0.05) is 30.3 Å². The number of methoxy groups -OCH3 is 1. The first-order valence-corrected chi connectivity index (χ1v) is 8.33. The van der Waals surface area contributed by atoms with Crippen LogP contribution < -0.4 is 15.0 Å². The number of nitrogens with zero attached hydrogens (tertiary/aromatic N) is 2. The van der Waals surface area contributed by atoms with Crippen LogP contribution in [0.5, 0.6) is 5.75 Å². The lowest BCUT2D eigenvalue weighted by Gasteiger charge is -2.18. The average Bonchev–Trinajstić information content (AvgIpc) is 3.07. The number of para-hydroxylation sites is 2. The third kappa shape index (κ3) is 3.52. The number of amides is 2. The van der Waals surface area contributed by atoms with Crippen LogP contribution in [0.3, 0.4) is 0 Å². The fourth-order valence-electron chi connectivity index (χ4n) is 3.10. The molecule has 1 fully saturated rings. The first kappa shape index (κ1) is 17.5. The van der Waals surface area contributed by atoms with E-state index >= 15 is 0 Å². The lowest BCUT2D eigenvalue weighted by atomic mass is 10.1. The Morgan fingerprint density at radius 2 is 2.00 bits per heavy atom. The van der Waals surface area contributed by atoms with Crippen LogP contribution in [0.4, 0.5) is 5.69 Å². The van der Waals surface area contributed by atoms with Gasteiger partial charge in [0.05, 0.1) is 24.3 Å². The number of anilines is 1. The highest BCUT2D eigenvalue weighted by molar-refractivity contribution is 6.01. The van der Waals surface area contributed by atoms with E-state index in [1.54, 1.807) is 31.4 Å². The molecule has 0 aliphatic carbocycles. The molecule has 0 bridgehead atoms. The van der Waals surface area contributed by atoms with Gasteiger partial charge in [0.25, 0.3) is 0 Å². The highest BCUT2D eigenvalue weighted by Gasteiger charge is 2.35. The Morgan fingerprint density at radius 1 is 1.27 bits per heavy atom. The second-order valence-corrected chi connectivity index (χ2v) is 6.06. The van der Waals surface area contributed by atoms with E-state index in [9.17, 15) is 14.9 Å². The second-order valence-electron chi connectivity index (χ2n) is 6.06. The van der Waals surface area contributed by atoms with Gasteiger partial charge < -0.3 is 15.0 Å². The van der Waals surface area contributed by atoms with E-state index in [-0.39, 0.29) is 24.8 Å². The molecule has 6 nitrogen and oxygen atoms in total. The molecule has 1 atom stereocenters. The largest absolute Gasteiger partial charge is 0.496 e. The molecule has 1 N–H and O–H groups in total. The van der Waals surface area contributed by atoms with Crippen molar-refractivity contribution < 1.29 is 14.3 Å². The number of nitrogens with one attached hydrogen (secondary N) is 1. The number of carbonyl (C=O) groups is 2. The Morgan fingerprint density at radius 3 is 2.77 bits per heavy atom. The van der Waals surface area contributed by atoms with Crippen molar-refractivity contribution in [1.29, 1.82) is 5.26 Å². The fourth-order valence-corrected chi connectivity index (χ4v) is 3.10. The van der Waals surface area contributed by atoms with E-state index in [0.717, 1.165) is 5.56 Å². The Kier molecular flexibility index (Phi) is 5.18. The normalized spacial score (nSPS) is 16.2. The highest BCUT2D eigenvalue weighted by Crippen LogP contribution is 2.28. The molecule has 2 aromatic rings. The molecule has 0 aromatic heterocycles. The van der Waals surface area contributed by atoms with Gasteiger partial charge in [-0.25, -0.2) is 0 Å². The lowest BCUT2D eigenvalue weighted by molar-refractivity contribution is -0.126. The summed E-state index contributed by atoms with van der Waals surface area (Å²) >= 11 is 0. The van der Waals surface area contributed by atoms with Crippen LogP contribution in [0.15, 0.2) is 48.5 Å². The van der Waals surface area contributed by atoms with Crippen LogP contribution >= 0.6 is 0 Å². The number of carbonyl (C=O) groups excluding carboxylic acids is 2. The molecule has 2 aromatic carbocycles. The third-order valence-corrected chi connectivity index (χ3v) is 4.46. The molecule has 2 amide bonds. The summed E-state index contributed by atoms with van der Waals surface area (Å²) in [4.78, 5) is 26.4. The van der Waals surface area contributed by atoms with Gasteiger partial charge in [-0.15, -0.1) is 0 Å². The zero-order valence-electron chi connectivity index (χ0n) is 14.4. The summed E-state index contributed by atoms with van der Waals surface area (Å²) in [6.07, 6.45) is 0.136. The number of ether oxygens (including phenoxy) is 1. The second kappa shape index (κ2) is 7.70. The molecule has 6 heteroatoms. The van der Waals surface area contributed by atoms with Gasteiger partial charge in [0, 0.05) is 25.1 Å². The summed E-state index contributed by atoms with van der Waals surface area (Å²) in [5.74, 6) is -0.0600. The van der Waals surface area contributed by atoms with Crippen LogP contribution in [-0.4, -0.2) is 25.5 Å². The van der Waals surface area contributed by atoms with Gasteiger partial charge in [0.1, 0.15) is 11.8 Å². The first-order chi connectivity index (χ1) is 12.6. The number of hydrogen-bond donors (Lipinski definition) is 1. The van der Waals surface area contributed by atoms with E-state index < -0.39 is 5.92 Å². The van der Waals surface area contributed by atoms with Gasteiger partial charge in [-0.3, -0.25) is 9.59 Å². The van der Waals surface area contributed by atoms with Crippen molar-refractivity contribution in [3.05, 3.63) is 59.7 Å². The van der Waals surface area contributed by atoms with E-state index in [4.69, 9.17) is 4.74 Å². The van der Waals surface area contributed by atoms with Crippen molar-refractivity contribution in [3.8, 4) is 11.8 Å². The highest BCUT2D eigenvalue weighted by atomic mass is 16.5. The molecular weight excluding hydrogens is 330 g/mol. The number of hydrogen-bond acceptors (Lipinski definition) is 4. The van der Waals surface area contributed by atoms with Gasteiger partial charge in [0.2, 0.25) is 11.8 Å². The predicted octanol–water partition coefficient (Wildman–Crippen LogP) is 2.24. The number of nitriles is 1. The van der Waals surface area contributed by atoms with E-state index in [0.29, 0.717) is 23.5 Å². The first-order valence-electron chi connectivity index (χ1n) is 8.33. The number of benzene rings is 2. The summed E-state index contributed by atoms with van der Waals surface area (Å²) in [5, 5.41) is 12.1. The van der Waals surface area contributed by atoms with Crippen LogP contribution in [0.25, 0.3) is 0 Å². The number of rotatable bonds is 5. The zero-order valence-corrected chi connectivity index (χ0v) is 14.4. The summed E-state index contributed by atoms with van der Waals surface area (Å²) in [6.45, 7) is 0.609. The van der Waals surface area contributed by atoms with Crippen molar-refractivity contribution >= 4 is 17.5 Å². The standard InChI is InChI=1S/C20H19N3O3/c1-26-18-9-5-3-7-15(18)12-22-20(25)16-10-19(24)23(13-16)17-8-4-2-6-14(17)11-21/h2-9,16H,10,12-13H2,1H3,(H,22,25). The van der Waals surface area contributed by atoms with Gasteiger partial charge >= 0.3 is 0 Å². The molecule has 1 unspecified atom stereocenters. The van der Waals surface area contributed by atoms with Crippen molar-refractivity contribution in [2.45, 2.75) is 13.0 Å². The Bertz CT molecular complexity index is 873. The molecule has 1 aliphatic rings. The lowest BCUT2D eigenvalue weighted by Crippen LogP contribution is -2.32. The molecule has 0 spiro atoms. The fraction of sp³-hybridized carbons (Fsp3) is 0.250. The van der Waals surface area contributed by atoms with Gasteiger partial charge in [-0.2, -0.15) is 5.26 Å². The average molecular weight is 349 g/mol. The smallest absolute Gasteiger partial charge is 0.227 e. The van der Waals surface area contributed by atoms with Crippen LogP contribution in [0.2, 0.25) is 0 Å². The summed E-state index contributed by atoms with van der Waals surface area (Å²) < 4.78 is 5.28. The van der Waals surface area contributed by atoms with Gasteiger partial charge in [-0.05, 0) is 18.2 Å². The molecular formula is C20H19N3O3. The Labute approximate surface area is 152 Å². The maximum Gasteiger partial charge on any atom is 0.227 e. The van der Waals surface area contributed by atoms with Gasteiger partial charge in [0.15, 0.2) is 0 Å². The minimum absolute atomic E-state index is 0.136. The molecule has 132 valence electrons. The molecule has 1 saturated heterocycles. The van der Waals surface area contributed by atoms with Crippen LogP contribution in [-0.2, 0) is 16.1 Å². The maximum atomic E-state index is 12.5. The summed E-state index contributed by atoms with van der Waals surface area (Å²) in [5.41, 5.74) is 1.86. The molecule has 0 radical (unpaired) electrons. The summed E-state index contributed by atoms with van der Waals surface area (Å²) in [7, 11) is 1.58. The van der Waals surface area contributed by atoms with Crippen molar-refractivity contribution in [3.63, 3.8) is 0 Å². The van der Waals surface area contributed by atoms with Crippen LogP contribution in [0, 0.1) is 17.2 Å². The SMILES string of the molecule is COc1ccccc1CNC(=O)C1CC(=O)N(c2ccccc2C#N)C1. The summed E-state index contributed by atoms with van der Waals surface area (Å²) in [6, 6.07) is 16.5. The molecule has 3 rings (SSSR count). The Balaban J connectivity index is 1.67. The maximum absolute atomic E-state index is 12.5. The van der Waals surface area contributed by atoms with E-state index in [1.807, 2.05) is 24.3 Å². The minimum Gasteiger partial charge on any atom is -0.496 e. The molecule has 1 heterocycles. The Hall–Kier alpha value is -3.33. The van der Waals surface area contributed by atoms with E-state index in [2.05, 4.69) is 11.4 Å². The predicted molar refractivity (Wildman–Crippen MR) is 96.5 cm³/mol. The van der Waals surface area contributed by atoms with Crippen molar-refractivity contribution in [1.82, 2.24) is 5.32 Å². The zero-order chi connectivity index (χ0) is 18.5. The monoisotopic (exact) mass is 349 g/mol. The van der Waals surface area contributed by atoms with Crippen LogP contribution in [0.1, 0.15) is 17.5 Å². The molecule has 26 heavy (non-hydrogen) atoms. The van der Waals surface area contributed by atoms with Crippen molar-refractivity contribution in [2.75, 3.05) is 18.6 Å². The topological polar surface area (TPSA) is 82.4 Å². The van der Waals surface area contributed by atoms with Crippen molar-refractivity contribution in [2.24, 2.45) is 5.92 Å². The van der Waals surface area contributed by atoms with E-state index in [1.165, 1.54) is 4.90 Å². The molecule has 0 saturated carbocycles. The molecule has 1 aliphatic heterocycles. The quantitative estimate of drug-likeness (QED) is 0.897.